The fraction of sp³-hybridized carbons (Fsp3) is 0.300. The minimum absolute atomic E-state index is 0.0658. The lowest BCUT2D eigenvalue weighted by Gasteiger charge is -2.04. The molecule has 96 valence electrons. The van der Waals surface area contributed by atoms with Crippen LogP contribution < -0.4 is 0 Å². The predicted molar refractivity (Wildman–Crippen MR) is 66.5 cm³/mol. The van der Waals surface area contributed by atoms with Gasteiger partial charge in [0.15, 0.2) is 0 Å². The highest BCUT2D eigenvalue weighted by Gasteiger charge is 2.23. The summed E-state index contributed by atoms with van der Waals surface area (Å²) in [5, 5.41) is 10.6. The molecule has 2 aromatic rings. The molecule has 0 spiro atoms. The average Bonchev–Trinajstić information content (AvgIpc) is 2.87. The van der Waals surface area contributed by atoms with E-state index in [1.165, 1.54) is 4.68 Å². The van der Waals surface area contributed by atoms with Gasteiger partial charge in [-0.15, -0.1) is 11.6 Å². The van der Waals surface area contributed by atoms with Gasteiger partial charge in [0, 0.05) is 5.88 Å². The lowest BCUT2D eigenvalue weighted by atomic mass is 10.3. The molecule has 0 saturated heterocycles. The van der Waals surface area contributed by atoms with Crippen molar-refractivity contribution in [3.8, 4) is 5.69 Å². The Morgan fingerprint density at radius 1 is 1.22 bits per heavy atom. The maximum absolute atomic E-state index is 12.0. The third-order valence-electron chi connectivity index (χ3n) is 2.27. The van der Waals surface area contributed by atoms with Gasteiger partial charge in [0.25, 0.3) is 5.16 Å². The number of aromatic nitrogens is 4. The molecule has 0 aliphatic rings. The van der Waals surface area contributed by atoms with Crippen LogP contribution >= 0.6 is 11.6 Å². The fourth-order valence-electron chi connectivity index (χ4n) is 1.44. The van der Waals surface area contributed by atoms with E-state index in [9.17, 15) is 8.42 Å². The summed E-state index contributed by atoms with van der Waals surface area (Å²) in [7, 11) is -3.52. The van der Waals surface area contributed by atoms with E-state index in [2.05, 4.69) is 15.5 Å². The summed E-state index contributed by atoms with van der Waals surface area (Å²) in [6, 6.07) is 8.86. The first kappa shape index (κ1) is 13.0. The topological polar surface area (TPSA) is 77.7 Å². The van der Waals surface area contributed by atoms with E-state index in [1.807, 2.05) is 6.07 Å². The first-order chi connectivity index (χ1) is 8.65. The molecular weight excluding hydrogens is 276 g/mol. The van der Waals surface area contributed by atoms with Crippen LogP contribution in [0.2, 0.25) is 0 Å². The van der Waals surface area contributed by atoms with Crippen LogP contribution in [-0.4, -0.2) is 40.3 Å². The maximum atomic E-state index is 12.0. The molecular formula is C10H11ClN4O2S. The van der Waals surface area contributed by atoms with Gasteiger partial charge in [-0.05, 0) is 29.0 Å². The molecule has 0 aliphatic carbocycles. The third-order valence-corrected chi connectivity index (χ3v) is 4.17. The van der Waals surface area contributed by atoms with Crippen LogP contribution in [0.1, 0.15) is 6.42 Å². The van der Waals surface area contributed by atoms with Crippen LogP contribution in [0.15, 0.2) is 35.5 Å². The quantitative estimate of drug-likeness (QED) is 0.768. The Balaban J connectivity index is 2.40. The Morgan fingerprint density at radius 3 is 2.61 bits per heavy atom. The molecule has 0 amide bonds. The maximum Gasteiger partial charge on any atom is 0.272 e. The SMILES string of the molecule is O=S(=O)(CCCCl)c1nnnn1-c1ccccc1. The second kappa shape index (κ2) is 5.45. The van der Waals surface area contributed by atoms with Crippen molar-refractivity contribution in [3.63, 3.8) is 0 Å². The summed E-state index contributed by atoms with van der Waals surface area (Å²) < 4.78 is 25.3. The van der Waals surface area contributed by atoms with Crippen molar-refractivity contribution >= 4 is 21.4 Å². The number of hydrogen-bond acceptors (Lipinski definition) is 5. The molecule has 0 atom stereocenters. The molecule has 0 N–H and O–H groups in total. The van der Waals surface area contributed by atoms with Crippen molar-refractivity contribution in [2.75, 3.05) is 11.6 Å². The van der Waals surface area contributed by atoms with Crippen molar-refractivity contribution < 1.29 is 8.42 Å². The van der Waals surface area contributed by atoms with E-state index in [-0.39, 0.29) is 16.8 Å². The molecule has 1 aromatic carbocycles. The summed E-state index contributed by atoms with van der Waals surface area (Å²) in [5.74, 6) is 0.218. The lowest BCUT2D eigenvalue weighted by Crippen LogP contribution is -2.14. The fourth-order valence-corrected chi connectivity index (χ4v) is 3.01. The third kappa shape index (κ3) is 2.68. The Kier molecular flexibility index (Phi) is 3.93. The molecule has 0 aliphatic heterocycles. The Labute approximate surface area is 109 Å². The molecule has 1 aromatic heterocycles. The number of halogens is 1. The van der Waals surface area contributed by atoms with Crippen LogP contribution in [0.3, 0.4) is 0 Å². The van der Waals surface area contributed by atoms with Crippen molar-refractivity contribution in [2.45, 2.75) is 11.6 Å². The minimum Gasteiger partial charge on any atom is -0.220 e. The van der Waals surface area contributed by atoms with Crippen molar-refractivity contribution in [1.82, 2.24) is 20.2 Å². The van der Waals surface area contributed by atoms with Gasteiger partial charge in [-0.2, -0.15) is 4.68 Å². The Morgan fingerprint density at radius 2 is 1.94 bits per heavy atom. The highest BCUT2D eigenvalue weighted by atomic mass is 35.5. The number of para-hydroxylation sites is 1. The van der Waals surface area contributed by atoms with Gasteiger partial charge in [0.1, 0.15) is 0 Å². The second-order valence-corrected chi connectivity index (χ2v) is 5.95. The zero-order valence-electron chi connectivity index (χ0n) is 9.40. The molecule has 0 unspecified atom stereocenters. The second-order valence-electron chi connectivity index (χ2n) is 3.57. The number of hydrogen-bond donors (Lipinski definition) is 0. The molecule has 0 saturated carbocycles. The first-order valence-corrected chi connectivity index (χ1v) is 7.46. The average molecular weight is 287 g/mol. The van der Waals surface area contributed by atoms with Gasteiger partial charge < -0.3 is 0 Å². The van der Waals surface area contributed by atoms with Gasteiger partial charge >= 0.3 is 0 Å². The van der Waals surface area contributed by atoms with Gasteiger partial charge in [0.05, 0.1) is 11.4 Å². The summed E-state index contributed by atoms with van der Waals surface area (Å²) in [6.07, 6.45) is 0.367. The molecule has 6 nitrogen and oxygen atoms in total. The van der Waals surface area contributed by atoms with Crippen LogP contribution in [0.25, 0.3) is 5.69 Å². The summed E-state index contributed by atoms with van der Waals surface area (Å²) in [5.41, 5.74) is 0.604. The van der Waals surface area contributed by atoms with Crippen LogP contribution in [-0.2, 0) is 9.84 Å². The van der Waals surface area contributed by atoms with E-state index < -0.39 is 9.84 Å². The van der Waals surface area contributed by atoms with Gasteiger partial charge in [-0.1, -0.05) is 23.3 Å². The van der Waals surface area contributed by atoms with E-state index in [1.54, 1.807) is 24.3 Å². The Bertz CT molecular complexity index is 612. The van der Waals surface area contributed by atoms with Crippen molar-refractivity contribution in [2.24, 2.45) is 0 Å². The lowest BCUT2D eigenvalue weighted by molar-refractivity contribution is 0.579. The van der Waals surface area contributed by atoms with E-state index in [0.717, 1.165) is 0 Å². The van der Waals surface area contributed by atoms with Crippen molar-refractivity contribution in [3.05, 3.63) is 30.3 Å². The number of sulfone groups is 1. The van der Waals surface area contributed by atoms with Crippen LogP contribution in [0, 0.1) is 0 Å². The smallest absolute Gasteiger partial charge is 0.220 e. The molecule has 2 rings (SSSR count). The summed E-state index contributed by atoms with van der Waals surface area (Å²) in [4.78, 5) is 0. The summed E-state index contributed by atoms with van der Waals surface area (Å²) in [6.45, 7) is 0. The van der Waals surface area contributed by atoms with E-state index in [0.29, 0.717) is 12.1 Å². The Hall–Kier alpha value is -1.47. The normalized spacial score (nSPS) is 11.6. The molecule has 0 fully saturated rings. The van der Waals surface area contributed by atoms with Crippen LogP contribution in [0.4, 0.5) is 0 Å². The van der Waals surface area contributed by atoms with Gasteiger partial charge in [0.2, 0.25) is 9.84 Å². The number of tetrazole rings is 1. The summed E-state index contributed by atoms with van der Waals surface area (Å²) >= 11 is 5.50. The molecule has 1 heterocycles. The number of nitrogens with zero attached hydrogens (tertiary/aromatic N) is 4. The first-order valence-electron chi connectivity index (χ1n) is 5.27. The highest BCUT2D eigenvalue weighted by Crippen LogP contribution is 2.13. The number of benzene rings is 1. The van der Waals surface area contributed by atoms with E-state index in [4.69, 9.17) is 11.6 Å². The van der Waals surface area contributed by atoms with Crippen LogP contribution in [0.5, 0.6) is 0 Å². The van der Waals surface area contributed by atoms with Gasteiger partial charge in [-0.3, -0.25) is 0 Å². The predicted octanol–water partition coefficient (Wildman–Crippen LogP) is 1.06. The molecule has 8 heteroatoms. The minimum atomic E-state index is -3.52. The molecule has 0 radical (unpaired) electrons. The van der Waals surface area contributed by atoms with E-state index >= 15 is 0 Å². The largest absolute Gasteiger partial charge is 0.272 e. The standard InChI is InChI=1S/C10H11ClN4O2S/c11-7-4-8-18(16,17)10-12-13-14-15(10)9-5-2-1-3-6-9/h1-3,5-6H,4,7-8H2. The monoisotopic (exact) mass is 286 g/mol. The molecule has 18 heavy (non-hydrogen) atoms. The number of alkyl halides is 1. The zero-order valence-corrected chi connectivity index (χ0v) is 11.0. The van der Waals surface area contributed by atoms with Gasteiger partial charge in [-0.25, -0.2) is 8.42 Å². The number of rotatable bonds is 5. The highest BCUT2D eigenvalue weighted by molar-refractivity contribution is 7.91. The zero-order chi connectivity index (χ0) is 13.0. The molecule has 0 bridgehead atoms. The van der Waals surface area contributed by atoms with Crippen molar-refractivity contribution in [1.29, 1.82) is 0 Å².